The van der Waals surface area contributed by atoms with Crippen molar-refractivity contribution in [2.45, 2.75) is 0 Å². The van der Waals surface area contributed by atoms with Crippen LogP contribution in [0.3, 0.4) is 0 Å². The highest BCUT2D eigenvalue weighted by molar-refractivity contribution is 5.93. The average molecular weight is 448 g/mol. The Balaban J connectivity index is 0.000000228. The minimum Gasteiger partial charge on any atom is -0.508 e. The molecule has 0 amide bonds. The number of para-hydroxylation sites is 3. The summed E-state index contributed by atoms with van der Waals surface area (Å²) >= 11 is 0. The second kappa shape index (κ2) is 15.1. The summed E-state index contributed by atoms with van der Waals surface area (Å²) in [6, 6.07) is 31.3. The van der Waals surface area contributed by atoms with Crippen molar-refractivity contribution in [3.8, 4) is 17.2 Å². The molecule has 0 saturated heterocycles. The van der Waals surface area contributed by atoms with E-state index in [1.165, 1.54) is 18.2 Å². The van der Waals surface area contributed by atoms with Gasteiger partial charge in [-0.2, -0.15) is 0 Å². The van der Waals surface area contributed by atoms with Crippen LogP contribution in [0.15, 0.2) is 115 Å². The Kier molecular flexibility index (Phi) is 12.0. The van der Waals surface area contributed by atoms with Crippen LogP contribution in [0.1, 0.15) is 20.7 Å². The van der Waals surface area contributed by atoms with Crippen LogP contribution >= 0.6 is 0 Å². The number of benzene rings is 4. The van der Waals surface area contributed by atoms with E-state index in [-0.39, 0.29) is 11.1 Å². The lowest BCUT2D eigenvalue weighted by Gasteiger charge is -1.95. The molecule has 0 saturated carbocycles. The van der Waals surface area contributed by atoms with E-state index in [0.29, 0.717) is 17.2 Å². The van der Waals surface area contributed by atoms with E-state index in [1.54, 1.807) is 72.8 Å². The predicted octanol–water partition coefficient (Wildman–Crippen LogP) is 5.26. The van der Waals surface area contributed by atoms with E-state index in [9.17, 15) is 9.59 Å². The topological polar surface area (TPSA) is 135 Å². The number of carboxylic acids is 2. The number of rotatable bonds is 2. The summed E-state index contributed by atoms with van der Waals surface area (Å²) in [5.41, 5.74) is -0.0372. The van der Waals surface area contributed by atoms with Crippen molar-refractivity contribution in [1.29, 1.82) is 0 Å². The number of aromatic hydroxyl groups is 3. The molecule has 7 nitrogen and oxygen atoms in total. The third-order valence-corrected chi connectivity index (χ3v) is 3.63. The van der Waals surface area contributed by atoms with E-state index >= 15 is 0 Å². The molecule has 0 heterocycles. The minimum atomic E-state index is -1.13. The van der Waals surface area contributed by atoms with E-state index in [1.807, 2.05) is 18.2 Å². The van der Waals surface area contributed by atoms with Gasteiger partial charge < -0.3 is 25.5 Å². The highest BCUT2D eigenvalue weighted by atomic mass is 16.4. The molecule has 4 aromatic rings. The second-order valence-electron chi connectivity index (χ2n) is 6.20. The third kappa shape index (κ3) is 12.5. The number of aromatic carboxylic acids is 2. The maximum atomic E-state index is 10.4. The molecule has 0 spiro atoms. The summed E-state index contributed by atoms with van der Waals surface area (Å²) in [5.74, 6) is -1.29. The molecule has 7 heteroatoms. The van der Waals surface area contributed by atoms with Crippen LogP contribution in [0, 0.1) is 0 Å². The number of phenolic OH excluding ortho intramolecular Hbond substituents is 3. The Morgan fingerprint density at radius 2 is 0.697 bits per heavy atom. The molecule has 33 heavy (non-hydrogen) atoms. The van der Waals surface area contributed by atoms with Gasteiger partial charge in [-0.3, -0.25) is 0 Å². The van der Waals surface area contributed by atoms with Crippen LogP contribution in [0.25, 0.3) is 0 Å². The van der Waals surface area contributed by atoms with Crippen molar-refractivity contribution >= 4 is 11.9 Å². The van der Waals surface area contributed by atoms with Crippen molar-refractivity contribution in [3.63, 3.8) is 0 Å². The first-order chi connectivity index (χ1) is 15.8. The van der Waals surface area contributed by atoms with Gasteiger partial charge in [0.05, 0.1) is 11.1 Å². The zero-order chi connectivity index (χ0) is 24.5. The number of phenols is 3. The van der Waals surface area contributed by atoms with Gasteiger partial charge in [-0.05, 0) is 54.6 Å². The Morgan fingerprint density at radius 3 is 0.879 bits per heavy atom. The second-order valence-corrected chi connectivity index (χ2v) is 6.20. The van der Waals surface area contributed by atoms with Gasteiger partial charge in [0.1, 0.15) is 17.2 Å². The molecular formula is C26H24O7. The van der Waals surface area contributed by atoms with Gasteiger partial charge in [-0.15, -0.1) is 0 Å². The van der Waals surface area contributed by atoms with Crippen LogP contribution in [0.2, 0.25) is 0 Å². The lowest BCUT2D eigenvalue weighted by molar-refractivity contribution is 0.0696. The zero-order valence-electron chi connectivity index (χ0n) is 17.5. The fourth-order valence-corrected chi connectivity index (χ4v) is 2.07. The first kappa shape index (κ1) is 26.3. The Morgan fingerprint density at radius 1 is 0.424 bits per heavy atom. The average Bonchev–Trinajstić information content (AvgIpc) is 2.82. The molecular weight excluding hydrogens is 424 g/mol. The van der Waals surface area contributed by atoms with Gasteiger partial charge in [0.25, 0.3) is 0 Å². The fraction of sp³-hybridized carbons (Fsp3) is 0. The Labute approximate surface area is 191 Å². The van der Waals surface area contributed by atoms with Crippen LogP contribution < -0.4 is 0 Å². The van der Waals surface area contributed by atoms with Gasteiger partial charge in [-0.1, -0.05) is 60.7 Å². The van der Waals surface area contributed by atoms with Crippen LogP contribution in [-0.2, 0) is 0 Å². The number of carboxylic acid groups (broad SMARTS) is 2. The summed E-state index contributed by atoms with van der Waals surface area (Å²) in [4.78, 5) is 20.8. The third-order valence-electron chi connectivity index (χ3n) is 3.63. The summed E-state index contributed by atoms with van der Waals surface area (Å²) in [6.45, 7) is 0. The summed E-state index contributed by atoms with van der Waals surface area (Å²) in [6.07, 6.45) is 0. The molecule has 0 fully saturated rings. The Hall–Kier alpha value is -4.78. The van der Waals surface area contributed by atoms with E-state index in [4.69, 9.17) is 25.5 Å². The first-order valence-electron chi connectivity index (χ1n) is 9.58. The van der Waals surface area contributed by atoms with Crippen LogP contribution in [0.4, 0.5) is 0 Å². The van der Waals surface area contributed by atoms with Gasteiger partial charge in [0.2, 0.25) is 0 Å². The van der Waals surface area contributed by atoms with Gasteiger partial charge in [-0.25, -0.2) is 9.59 Å². The zero-order valence-corrected chi connectivity index (χ0v) is 17.5. The highest BCUT2D eigenvalue weighted by Gasteiger charge is 2.06. The number of hydrogen-bond acceptors (Lipinski definition) is 5. The molecule has 0 radical (unpaired) electrons. The standard InChI is InChI=1S/C8H6O4.3C6H6O/c9-7(10)5-2-1-3-6(4-5)8(11)12;3*7-6-4-2-1-3-5-6/h1-4H,(H,9,10)(H,11,12);3*1-5,7H. The summed E-state index contributed by atoms with van der Waals surface area (Å²) in [7, 11) is 0. The smallest absolute Gasteiger partial charge is 0.335 e. The molecule has 4 rings (SSSR count). The lowest BCUT2D eigenvalue weighted by Crippen LogP contribution is -2.01. The largest absolute Gasteiger partial charge is 0.508 e. The molecule has 0 unspecified atom stereocenters. The van der Waals surface area contributed by atoms with Gasteiger partial charge in [0.15, 0.2) is 0 Å². The molecule has 0 aromatic heterocycles. The van der Waals surface area contributed by atoms with E-state index < -0.39 is 11.9 Å². The SMILES string of the molecule is O=C(O)c1cccc(C(=O)O)c1.Oc1ccccc1.Oc1ccccc1.Oc1ccccc1. The number of hydrogen-bond donors (Lipinski definition) is 5. The summed E-state index contributed by atoms with van der Waals surface area (Å²) < 4.78 is 0. The van der Waals surface area contributed by atoms with E-state index in [0.717, 1.165) is 6.07 Å². The van der Waals surface area contributed by atoms with Crippen molar-refractivity contribution in [3.05, 3.63) is 126 Å². The molecule has 5 N–H and O–H groups in total. The molecule has 0 atom stereocenters. The van der Waals surface area contributed by atoms with Gasteiger partial charge >= 0.3 is 11.9 Å². The highest BCUT2D eigenvalue weighted by Crippen LogP contribution is 2.05. The van der Waals surface area contributed by atoms with Gasteiger partial charge in [0, 0.05) is 0 Å². The first-order valence-corrected chi connectivity index (χ1v) is 9.58. The van der Waals surface area contributed by atoms with Crippen molar-refractivity contribution in [2.24, 2.45) is 0 Å². The molecule has 170 valence electrons. The maximum absolute atomic E-state index is 10.4. The Bertz CT molecular complexity index is 965. The van der Waals surface area contributed by atoms with Crippen LogP contribution in [-0.4, -0.2) is 37.5 Å². The maximum Gasteiger partial charge on any atom is 0.335 e. The number of carbonyl (C=O) groups is 2. The molecule has 0 aliphatic carbocycles. The van der Waals surface area contributed by atoms with E-state index in [2.05, 4.69) is 0 Å². The summed E-state index contributed by atoms with van der Waals surface area (Å²) in [5, 5.41) is 42.9. The molecule has 0 aliphatic heterocycles. The van der Waals surface area contributed by atoms with Crippen molar-refractivity contribution < 1.29 is 35.1 Å². The normalized spacial score (nSPS) is 8.85. The predicted molar refractivity (Wildman–Crippen MR) is 125 cm³/mol. The lowest BCUT2D eigenvalue weighted by atomic mass is 10.1. The van der Waals surface area contributed by atoms with Crippen molar-refractivity contribution in [2.75, 3.05) is 0 Å². The monoisotopic (exact) mass is 448 g/mol. The molecule has 0 aliphatic rings. The van der Waals surface area contributed by atoms with Crippen LogP contribution in [0.5, 0.6) is 17.2 Å². The fourth-order valence-electron chi connectivity index (χ4n) is 2.07. The van der Waals surface area contributed by atoms with Crippen molar-refractivity contribution in [1.82, 2.24) is 0 Å². The minimum absolute atomic E-state index is 0.0186. The molecule has 0 bridgehead atoms. The quantitative estimate of drug-likeness (QED) is 0.282. The molecule has 4 aromatic carbocycles.